The Morgan fingerprint density at radius 3 is 2.67 bits per heavy atom. The number of fused-ring (bicyclic) bond motifs is 3. The molecule has 2 aliphatic rings. The smallest absolute Gasteiger partial charge is 0.254 e. The number of benzene rings is 2. The number of pyridine rings is 1. The van der Waals surface area contributed by atoms with Crippen molar-refractivity contribution in [3.8, 4) is 17.2 Å². The van der Waals surface area contributed by atoms with Gasteiger partial charge in [0.15, 0.2) is 5.69 Å². The highest BCUT2D eigenvalue weighted by Gasteiger charge is 2.49. The van der Waals surface area contributed by atoms with Gasteiger partial charge in [-0.15, -0.1) is 0 Å². The molecule has 2 heterocycles. The van der Waals surface area contributed by atoms with Gasteiger partial charge in [-0.2, -0.15) is 10.4 Å². The fraction of sp³-hybridized carbons (Fsp3) is 0.258. The average Bonchev–Trinajstić information content (AvgIpc) is 3.50. The van der Waals surface area contributed by atoms with Gasteiger partial charge in [0.1, 0.15) is 30.1 Å². The SMILES string of the molecule is CNC(=O)c1cc(-c2cccnc2[C@H](Cc2cc(F)cc(F)c2)NC(=O)Cn2nc(C#N)c3c2CC2CC32)ccc1F. The molecular formula is C31H25F3N6O2. The van der Waals surface area contributed by atoms with Gasteiger partial charge < -0.3 is 10.6 Å². The van der Waals surface area contributed by atoms with Crippen LogP contribution < -0.4 is 10.6 Å². The van der Waals surface area contributed by atoms with Crippen LogP contribution in [-0.4, -0.2) is 33.6 Å². The van der Waals surface area contributed by atoms with Crippen LogP contribution in [0.25, 0.3) is 11.1 Å². The number of hydrogen-bond acceptors (Lipinski definition) is 5. The lowest BCUT2D eigenvalue weighted by Crippen LogP contribution is -2.34. The number of nitrogens with zero attached hydrogens (tertiary/aromatic N) is 4. The lowest BCUT2D eigenvalue weighted by molar-refractivity contribution is -0.122. The van der Waals surface area contributed by atoms with E-state index in [1.165, 1.54) is 43.6 Å². The summed E-state index contributed by atoms with van der Waals surface area (Å²) in [7, 11) is 1.39. The van der Waals surface area contributed by atoms with E-state index in [2.05, 4.69) is 26.8 Å². The van der Waals surface area contributed by atoms with Gasteiger partial charge in [-0.25, -0.2) is 13.2 Å². The molecule has 1 fully saturated rings. The molecule has 0 aliphatic heterocycles. The molecule has 0 spiro atoms. The highest BCUT2D eigenvalue weighted by molar-refractivity contribution is 5.95. The maximum Gasteiger partial charge on any atom is 0.254 e. The van der Waals surface area contributed by atoms with Crippen LogP contribution in [0.5, 0.6) is 0 Å². The van der Waals surface area contributed by atoms with E-state index in [4.69, 9.17) is 0 Å². The number of aromatic nitrogens is 3. The molecule has 0 bridgehead atoms. The van der Waals surface area contributed by atoms with Gasteiger partial charge in [0, 0.05) is 36.1 Å². The molecule has 42 heavy (non-hydrogen) atoms. The lowest BCUT2D eigenvalue weighted by atomic mass is 9.94. The molecule has 2 aromatic carbocycles. The van der Waals surface area contributed by atoms with Crippen LogP contribution in [0.2, 0.25) is 0 Å². The zero-order valence-electron chi connectivity index (χ0n) is 22.5. The van der Waals surface area contributed by atoms with Crippen molar-refractivity contribution in [1.82, 2.24) is 25.4 Å². The number of hydrogen-bond donors (Lipinski definition) is 2. The van der Waals surface area contributed by atoms with Crippen LogP contribution in [-0.2, 0) is 24.2 Å². The fourth-order valence-electron chi connectivity index (χ4n) is 5.90. The predicted octanol–water partition coefficient (Wildman–Crippen LogP) is 4.35. The maximum atomic E-state index is 14.4. The minimum absolute atomic E-state index is 0.0151. The Morgan fingerprint density at radius 2 is 1.93 bits per heavy atom. The molecule has 2 aromatic heterocycles. The normalized spacial score (nSPS) is 17.1. The number of nitrogens with one attached hydrogen (secondary N) is 2. The van der Waals surface area contributed by atoms with Crippen molar-refractivity contribution >= 4 is 11.8 Å². The Labute approximate surface area is 239 Å². The molecule has 212 valence electrons. The first kappa shape index (κ1) is 27.2. The Bertz CT molecular complexity index is 1760. The van der Waals surface area contributed by atoms with E-state index in [1.807, 2.05) is 0 Å². The average molecular weight is 571 g/mol. The summed E-state index contributed by atoms with van der Waals surface area (Å²) < 4.78 is 44.2. The molecule has 4 aromatic rings. The van der Waals surface area contributed by atoms with Gasteiger partial charge in [-0.3, -0.25) is 19.3 Å². The Kier molecular flexibility index (Phi) is 6.98. The van der Waals surface area contributed by atoms with Crippen molar-refractivity contribution in [2.24, 2.45) is 5.92 Å². The molecule has 2 aliphatic carbocycles. The molecule has 0 radical (unpaired) electrons. The zero-order valence-corrected chi connectivity index (χ0v) is 22.5. The highest BCUT2D eigenvalue weighted by Crippen LogP contribution is 2.57. The number of carbonyl (C=O) groups is 2. The second-order valence-electron chi connectivity index (χ2n) is 10.6. The minimum Gasteiger partial charge on any atom is -0.355 e. The van der Waals surface area contributed by atoms with Gasteiger partial charge >= 0.3 is 0 Å². The van der Waals surface area contributed by atoms with E-state index in [0.717, 1.165) is 30.2 Å². The van der Waals surface area contributed by atoms with Crippen molar-refractivity contribution in [2.45, 2.75) is 37.8 Å². The number of amides is 2. The molecule has 2 amide bonds. The van der Waals surface area contributed by atoms with Gasteiger partial charge in [0.2, 0.25) is 5.91 Å². The standard InChI is InChI=1S/C31H25F3N6O2/c1-36-31(42)23-10-17(4-5-24(23)34)21-3-2-6-37-30(21)25(9-16-7-19(32)13-20(33)8-16)38-28(41)15-40-27-12-18-11-22(18)29(27)26(14-35)39-40/h2-8,10,13,18,22,25H,9,11-12,15H2,1H3,(H,36,42)(H,38,41)/t18?,22?,25-/m0/s1. The van der Waals surface area contributed by atoms with E-state index < -0.39 is 35.3 Å². The van der Waals surface area contributed by atoms with Crippen LogP contribution in [0, 0.1) is 34.7 Å². The largest absolute Gasteiger partial charge is 0.355 e. The van der Waals surface area contributed by atoms with E-state index >= 15 is 0 Å². The van der Waals surface area contributed by atoms with Gasteiger partial charge in [-0.05, 0) is 72.6 Å². The molecule has 2 unspecified atom stereocenters. The minimum atomic E-state index is -0.865. The first-order chi connectivity index (χ1) is 20.2. The van der Waals surface area contributed by atoms with Crippen LogP contribution in [0.1, 0.15) is 56.9 Å². The second-order valence-corrected chi connectivity index (χ2v) is 10.6. The zero-order chi connectivity index (χ0) is 29.5. The van der Waals surface area contributed by atoms with E-state index in [9.17, 15) is 28.0 Å². The van der Waals surface area contributed by atoms with Crippen molar-refractivity contribution in [3.05, 3.63) is 106 Å². The van der Waals surface area contributed by atoms with Crippen molar-refractivity contribution in [1.29, 1.82) is 5.26 Å². The van der Waals surface area contributed by atoms with Crippen LogP contribution >= 0.6 is 0 Å². The summed E-state index contributed by atoms with van der Waals surface area (Å²) in [4.78, 5) is 30.2. The second kappa shape index (κ2) is 10.8. The van der Waals surface area contributed by atoms with Gasteiger partial charge in [0.25, 0.3) is 5.91 Å². The van der Waals surface area contributed by atoms with Gasteiger partial charge in [0.05, 0.1) is 17.3 Å². The maximum absolute atomic E-state index is 14.4. The molecule has 3 atom stereocenters. The topological polar surface area (TPSA) is 113 Å². The predicted molar refractivity (Wildman–Crippen MR) is 145 cm³/mol. The summed E-state index contributed by atoms with van der Waals surface area (Å²) >= 11 is 0. The van der Waals surface area contributed by atoms with E-state index in [-0.39, 0.29) is 24.1 Å². The fourth-order valence-corrected chi connectivity index (χ4v) is 5.90. The summed E-state index contributed by atoms with van der Waals surface area (Å²) in [5.74, 6) is -2.46. The molecule has 2 N–H and O–H groups in total. The Morgan fingerprint density at radius 1 is 1.14 bits per heavy atom. The third-order valence-corrected chi connectivity index (χ3v) is 7.86. The van der Waals surface area contributed by atoms with Gasteiger partial charge in [-0.1, -0.05) is 12.1 Å². The third-order valence-electron chi connectivity index (χ3n) is 7.86. The van der Waals surface area contributed by atoms with Crippen LogP contribution in [0.15, 0.2) is 54.7 Å². The first-order valence-electron chi connectivity index (χ1n) is 13.5. The Balaban J connectivity index is 1.36. The summed E-state index contributed by atoms with van der Waals surface area (Å²) in [6.07, 6.45) is 3.29. The quantitative estimate of drug-likeness (QED) is 0.327. The molecule has 1 saturated carbocycles. The van der Waals surface area contributed by atoms with Crippen molar-refractivity contribution in [2.75, 3.05) is 7.05 Å². The third kappa shape index (κ3) is 5.11. The lowest BCUT2D eigenvalue weighted by Gasteiger charge is -2.22. The number of carbonyl (C=O) groups excluding carboxylic acids is 2. The van der Waals surface area contributed by atoms with Crippen LogP contribution in [0.3, 0.4) is 0 Å². The molecule has 8 nitrogen and oxygen atoms in total. The number of halogens is 3. The summed E-state index contributed by atoms with van der Waals surface area (Å²) in [6.45, 7) is -0.156. The summed E-state index contributed by atoms with van der Waals surface area (Å²) in [5, 5.41) is 19.3. The number of rotatable bonds is 8. The molecular weight excluding hydrogens is 545 g/mol. The monoisotopic (exact) mass is 570 g/mol. The number of nitriles is 1. The molecule has 0 saturated heterocycles. The molecule has 6 rings (SSSR count). The Hall–Kier alpha value is -4.98. The highest BCUT2D eigenvalue weighted by atomic mass is 19.1. The molecule has 11 heteroatoms. The van der Waals surface area contributed by atoms with Crippen molar-refractivity contribution in [3.63, 3.8) is 0 Å². The summed E-state index contributed by atoms with van der Waals surface area (Å²) in [6, 6.07) is 11.8. The first-order valence-corrected chi connectivity index (χ1v) is 13.5. The van der Waals surface area contributed by atoms with Crippen LogP contribution in [0.4, 0.5) is 13.2 Å². The summed E-state index contributed by atoms with van der Waals surface area (Å²) in [5.41, 5.74) is 3.58. The van der Waals surface area contributed by atoms with E-state index in [1.54, 1.807) is 16.8 Å². The van der Waals surface area contributed by atoms with Crippen molar-refractivity contribution < 1.29 is 22.8 Å². The van der Waals surface area contributed by atoms with E-state index in [0.29, 0.717) is 34.4 Å².